The van der Waals surface area contributed by atoms with Gasteiger partial charge in [-0.1, -0.05) is 24.6 Å². The zero-order valence-corrected chi connectivity index (χ0v) is 17.2. The highest BCUT2D eigenvalue weighted by Gasteiger charge is 2.24. The van der Waals surface area contributed by atoms with Crippen molar-refractivity contribution in [1.82, 2.24) is 9.55 Å². The summed E-state index contributed by atoms with van der Waals surface area (Å²) in [5.74, 6) is 0.112. The molecule has 0 saturated heterocycles. The summed E-state index contributed by atoms with van der Waals surface area (Å²) in [4.78, 5) is 17.7. The highest BCUT2D eigenvalue weighted by Crippen LogP contribution is 2.29. The van der Waals surface area contributed by atoms with Crippen LogP contribution in [0, 0.1) is 12.7 Å². The maximum absolute atomic E-state index is 13.8. The van der Waals surface area contributed by atoms with Gasteiger partial charge in [-0.15, -0.1) is 0 Å². The predicted molar refractivity (Wildman–Crippen MR) is 112 cm³/mol. The lowest BCUT2D eigenvalue weighted by atomic mass is 10.1. The number of hydrogen-bond acceptors (Lipinski definition) is 2. The molecule has 6 heteroatoms. The van der Waals surface area contributed by atoms with E-state index in [2.05, 4.69) is 30.8 Å². The monoisotopic (exact) mass is 441 g/mol. The van der Waals surface area contributed by atoms with Gasteiger partial charge in [0.05, 0.1) is 11.4 Å². The summed E-state index contributed by atoms with van der Waals surface area (Å²) < 4.78 is 16.7. The average molecular weight is 442 g/mol. The molecule has 28 heavy (non-hydrogen) atoms. The van der Waals surface area contributed by atoms with Crippen molar-refractivity contribution in [3.05, 3.63) is 69.7 Å². The van der Waals surface area contributed by atoms with Crippen molar-refractivity contribution in [3.63, 3.8) is 0 Å². The van der Waals surface area contributed by atoms with Gasteiger partial charge in [-0.2, -0.15) is 0 Å². The molecule has 1 aliphatic heterocycles. The van der Waals surface area contributed by atoms with Crippen LogP contribution >= 0.6 is 15.9 Å². The van der Waals surface area contributed by atoms with Gasteiger partial charge in [0.2, 0.25) is 0 Å². The lowest BCUT2D eigenvalue weighted by molar-refractivity contribution is 0.102. The predicted octanol–water partition coefficient (Wildman–Crippen LogP) is 5.74. The van der Waals surface area contributed by atoms with Crippen LogP contribution in [0.4, 0.5) is 10.1 Å². The van der Waals surface area contributed by atoms with Gasteiger partial charge in [0.15, 0.2) is 0 Å². The Kier molecular flexibility index (Phi) is 5.31. The van der Waals surface area contributed by atoms with Crippen LogP contribution in [0.25, 0.3) is 11.4 Å². The van der Waals surface area contributed by atoms with Gasteiger partial charge in [0.25, 0.3) is 5.91 Å². The standard InChI is InChI=1S/C22H21BrFN3O/c1-14-9-10-18(17(23)12-14)25-22(28)20-19-8-3-2-4-11-27(19)21(26-20)15-6-5-7-16(24)13-15/h5-7,9-10,12-13H,2-4,8,11H2,1H3,(H,25,28). The molecule has 0 fully saturated rings. The molecular formula is C22H21BrFN3O. The molecule has 144 valence electrons. The molecule has 3 aromatic rings. The quantitative estimate of drug-likeness (QED) is 0.563. The van der Waals surface area contributed by atoms with Crippen molar-refractivity contribution in [1.29, 1.82) is 0 Å². The largest absolute Gasteiger partial charge is 0.327 e. The lowest BCUT2D eigenvalue weighted by Gasteiger charge is -2.10. The third-order valence-electron chi connectivity index (χ3n) is 5.04. The molecule has 0 atom stereocenters. The molecule has 0 bridgehead atoms. The van der Waals surface area contributed by atoms with Crippen LogP contribution in [-0.4, -0.2) is 15.5 Å². The van der Waals surface area contributed by atoms with E-state index in [1.165, 1.54) is 12.1 Å². The number of benzene rings is 2. The van der Waals surface area contributed by atoms with E-state index >= 15 is 0 Å². The van der Waals surface area contributed by atoms with Crippen molar-refractivity contribution in [3.8, 4) is 11.4 Å². The normalized spacial score (nSPS) is 13.7. The second kappa shape index (κ2) is 7.87. The molecule has 4 rings (SSSR count). The number of imidazole rings is 1. The molecule has 1 N–H and O–H groups in total. The second-order valence-corrected chi connectivity index (χ2v) is 8.00. The van der Waals surface area contributed by atoms with Crippen LogP contribution in [0.5, 0.6) is 0 Å². The molecule has 0 saturated carbocycles. The van der Waals surface area contributed by atoms with E-state index in [1.54, 1.807) is 6.07 Å². The summed E-state index contributed by atoms with van der Waals surface area (Å²) in [6.07, 6.45) is 3.94. The van der Waals surface area contributed by atoms with Crippen LogP contribution in [0.3, 0.4) is 0 Å². The number of aryl methyl sites for hydroxylation is 1. The van der Waals surface area contributed by atoms with Crippen molar-refractivity contribution in [2.24, 2.45) is 0 Å². The number of nitrogens with zero attached hydrogens (tertiary/aromatic N) is 2. The Balaban J connectivity index is 1.75. The van der Waals surface area contributed by atoms with E-state index in [9.17, 15) is 9.18 Å². The first-order valence-corrected chi connectivity index (χ1v) is 10.2. The summed E-state index contributed by atoms with van der Waals surface area (Å²) in [5.41, 5.74) is 3.86. The molecule has 2 heterocycles. The summed E-state index contributed by atoms with van der Waals surface area (Å²) in [6, 6.07) is 12.2. The van der Waals surface area contributed by atoms with Gasteiger partial charge in [-0.05, 0) is 71.9 Å². The number of halogens is 2. The number of nitrogens with one attached hydrogen (secondary N) is 1. The summed E-state index contributed by atoms with van der Waals surface area (Å²) >= 11 is 3.50. The van der Waals surface area contributed by atoms with Crippen LogP contribution in [0.2, 0.25) is 0 Å². The Hall–Kier alpha value is -2.47. The molecule has 1 aromatic heterocycles. The highest BCUT2D eigenvalue weighted by atomic mass is 79.9. The van der Waals surface area contributed by atoms with Gasteiger partial charge in [0.1, 0.15) is 17.3 Å². The Morgan fingerprint density at radius 2 is 2.04 bits per heavy atom. The Morgan fingerprint density at radius 3 is 2.82 bits per heavy atom. The number of anilines is 1. The third-order valence-corrected chi connectivity index (χ3v) is 5.69. The number of hydrogen-bond donors (Lipinski definition) is 1. The molecule has 0 aliphatic carbocycles. The van der Waals surface area contributed by atoms with Crippen molar-refractivity contribution in [2.75, 3.05) is 5.32 Å². The van der Waals surface area contributed by atoms with E-state index in [0.29, 0.717) is 22.8 Å². The Bertz CT molecular complexity index is 1040. The van der Waals surface area contributed by atoms with Crippen LogP contribution in [0.15, 0.2) is 46.9 Å². The summed E-state index contributed by atoms with van der Waals surface area (Å²) in [6.45, 7) is 2.78. The van der Waals surface area contributed by atoms with Gasteiger partial charge in [0, 0.05) is 16.6 Å². The second-order valence-electron chi connectivity index (χ2n) is 7.14. The zero-order chi connectivity index (χ0) is 19.7. The van der Waals surface area contributed by atoms with Gasteiger partial charge >= 0.3 is 0 Å². The zero-order valence-electron chi connectivity index (χ0n) is 15.6. The number of carbonyl (C=O) groups excluding carboxylic acids is 1. The maximum Gasteiger partial charge on any atom is 0.276 e. The average Bonchev–Trinajstić information content (AvgIpc) is 2.85. The molecule has 0 radical (unpaired) electrons. The number of rotatable bonds is 3. The Morgan fingerprint density at radius 1 is 1.18 bits per heavy atom. The smallest absolute Gasteiger partial charge is 0.276 e. The molecular weight excluding hydrogens is 421 g/mol. The maximum atomic E-state index is 13.8. The summed E-state index contributed by atoms with van der Waals surface area (Å²) in [7, 11) is 0. The highest BCUT2D eigenvalue weighted by molar-refractivity contribution is 9.10. The minimum Gasteiger partial charge on any atom is -0.327 e. The van der Waals surface area contributed by atoms with Crippen LogP contribution in [0.1, 0.15) is 41.0 Å². The lowest BCUT2D eigenvalue weighted by Crippen LogP contribution is -2.15. The number of fused-ring (bicyclic) bond motifs is 1. The fourth-order valence-electron chi connectivity index (χ4n) is 3.65. The third kappa shape index (κ3) is 3.74. The fourth-order valence-corrected chi connectivity index (χ4v) is 4.24. The minimum atomic E-state index is -0.307. The van der Waals surface area contributed by atoms with E-state index in [1.807, 2.05) is 31.2 Å². The topological polar surface area (TPSA) is 46.9 Å². The minimum absolute atomic E-state index is 0.238. The molecule has 1 amide bonds. The number of aromatic nitrogens is 2. The fraction of sp³-hybridized carbons (Fsp3) is 0.273. The summed E-state index contributed by atoms with van der Waals surface area (Å²) in [5, 5.41) is 2.96. The van der Waals surface area contributed by atoms with E-state index in [0.717, 1.165) is 48.0 Å². The SMILES string of the molecule is Cc1ccc(NC(=O)c2nc(-c3cccc(F)c3)n3c2CCCCC3)c(Br)c1. The first kappa shape index (κ1) is 18.9. The van der Waals surface area contributed by atoms with Crippen molar-refractivity contribution >= 4 is 27.5 Å². The molecule has 0 spiro atoms. The first-order valence-electron chi connectivity index (χ1n) is 9.46. The van der Waals surface area contributed by atoms with E-state index in [-0.39, 0.29) is 11.7 Å². The van der Waals surface area contributed by atoms with Crippen molar-refractivity contribution < 1.29 is 9.18 Å². The molecule has 0 unspecified atom stereocenters. The van der Waals surface area contributed by atoms with Gasteiger partial charge in [-0.3, -0.25) is 4.79 Å². The van der Waals surface area contributed by atoms with Crippen LogP contribution in [-0.2, 0) is 13.0 Å². The number of carbonyl (C=O) groups is 1. The van der Waals surface area contributed by atoms with Crippen molar-refractivity contribution in [2.45, 2.75) is 39.2 Å². The van der Waals surface area contributed by atoms with E-state index in [4.69, 9.17) is 0 Å². The molecule has 2 aromatic carbocycles. The van der Waals surface area contributed by atoms with Crippen LogP contribution < -0.4 is 5.32 Å². The van der Waals surface area contributed by atoms with Gasteiger partial charge in [-0.25, -0.2) is 9.37 Å². The number of amides is 1. The molecule has 1 aliphatic rings. The Labute approximate surface area is 171 Å². The van der Waals surface area contributed by atoms with Gasteiger partial charge < -0.3 is 9.88 Å². The van der Waals surface area contributed by atoms with E-state index < -0.39 is 0 Å². The first-order chi connectivity index (χ1) is 13.5. The molecule has 4 nitrogen and oxygen atoms in total.